The van der Waals surface area contributed by atoms with E-state index in [1.165, 1.54) is 50.4 Å². The molecule has 1 N–H and O–H groups in total. The third-order valence-electron chi connectivity index (χ3n) is 5.27. The first kappa shape index (κ1) is 27.3. The van der Waals surface area contributed by atoms with Crippen LogP contribution in [0.1, 0.15) is 21.9 Å². The number of hydrogen-bond donors (Lipinski definition) is 1. The average molecular weight is 575 g/mol. The van der Waals surface area contributed by atoms with Crippen LogP contribution in [-0.2, 0) is 15.8 Å². The first-order chi connectivity index (χ1) is 17.6. The predicted octanol–water partition coefficient (Wildman–Crippen LogP) is 5.44. The zero-order chi connectivity index (χ0) is 28.0. The molecule has 0 aliphatic carbocycles. The van der Waals surface area contributed by atoms with Crippen LogP contribution >= 0.6 is 11.6 Å². The van der Waals surface area contributed by atoms with Gasteiger partial charge in [0.05, 0.1) is 16.9 Å². The lowest BCUT2D eigenvalue weighted by atomic mass is 10.2. The van der Waals surface area contributed by atoms with E-state index in [-0.39, 0.29) is 31.4 Å². The molecule has 0 saturated carbocycles. The van der Waals surface area contributed by atoms with Gasteiger partial charge in [0.25, 0.3) is 5.91 Å². The molecule has 200 valence electrons. The van der Waals surface area contributed by atoms with Crippen molar-refractivity contribution in [2.75, 3.05) is 12.4 Å². The first-order valence-corrected chi connectivity index (χ1v) is 12.3. The van der Waals surface area contributed by atoms with Gasteiger partial charge in [-0.1, -0.05) is 11.6 Å². The van der Waals surface area contributed by atoms with Gasteiger partial charge in [-0.25, -0.2) is 17.9 Å². The van der Waals surface area contributed by atoms with Crippen LogP contribution in [0.25, 0.3) is 5.65 Å². The van der Waals surface area contributed by atoms with E-state index in [9.17, 15) is 35.2 Å². The molecule has 0 atom stereocenters. The minimum atomic E-state index is -5.92. The van der Waals surface area contributed by atoms with Gasteiger partial charge in [-0.3, -0.25) is 4.79 Å². The largest absolute Gasteiger partial charge is 0.497 e. The lowest BCUT2D eigenvalue weighted by Gasteiger charge is -2.20. The molecule has 0 radical (unpaired) electrons. The minimum absolute atomic E-state index is 0.0507. The maximum Gasteiger partial charge on any atom is 0.459 e. The van der Waals surface area contributed by atoms with Gasteiger partial charge >= 0.3 is 12.1 Å². The molecule has 0 saturated heterocycles. The monoisotopic (exact) mass is 574 g/mol. The smallest absolute Gasteiger partial charge is 0.459 e. The number of anilines is 1. The number of carbonyl (C=O) groups excluding carboxylic acids is 1. The highest BCUT2D eigenvalue weighted by Crippen LogP contribution is 2.43. The SMILES string of the molecule is COc1cc(NC(=O)c2cc3nc(C)cc(C(F)(F)C(F)(F)F)n3n2)cc(S(=O)(=O)c2ccc(Cl)cc2)c1. The summed E-state index contributed by atoms with van der Waals surface area (Å²) < 4.78 is 98.9. The molecule has 2 aromatic heterocycles. The highest BCUT2D eigenvalue weighted by Gasteiger charge is 2.60. The van der Waals surface area contributed by atoms with E-state index in [0.29, 0.717) is 11.1 Å². The normalized spacial score (nSPS) is 12.5. The van der Waals surface area contributed by atoms with Crippen LogP contribution in [0.2, 0.25) is 5.02 Å². The Morgan fingerprint density at radius 1 is 1.00 bits per heavy atom. The zero-order valence-corrected chi connectivity index (χ0v) is 20.9. The molecule has 0 aliphatic heterocycles. The second-order valence-electron chi connectivity index (χ2n) is 7.96. The Kier molecular flexibility index (Phi) is 6.82. The van der Waals surface area contributed by atoms with Gasteiger partial charge in [-0.15, -0.1) is 0 Å². The minimum Gasteiger partial charge on any atom is -0.497 e. The zero-order valence-electron chi connectivity index (χ0n) is 19.3. The fourth-order valence-corrected chi connectivity index (χ4v) is 4.89. The highest BCUT2D eigenvalue weighted by molar-refractivity contribution is 7.91. The number of methoxy groups -OCH3 is 1. The van der Waals surface area contributed by atoms with E-state index in [2.05, 4.69) is 15.4 Å². The van der Waals surface area contributed by atoms with Gasteiger partial charge in [0.2, 0.25) is 9.84 Å². The molecule has 2 heterocycles. The lowest BCUT2D eigenvalue weighted by molar-refractivity contribution is -0.291. The van der Waals surface area contributed by atoms with Crippen molar-refractivity contribution < 1.29 is 39.9 Å². The van der Waals surface area contributed by atoms with Crippen molar-refractivity contribution in [3.63, 3.8) is 0 Å². The fraction of sp³-hybridized carbons (Fsp3) is 0.174. The molecule has 4 aromatic rings. The molecule has 4 rings (SSSR count). The Morgan fingerprint density at radius 2 is 1.66 bits per heavy atom. The number of carbonyl (C=O) groups is 1. The molecule has 0 fully saturated rings. The Hall–Kier alpha value is -3.78. The molecule has 8 nitrogen and oxygen atoms in total. The fourth-order valence-electron chi connectivity index (χ4n) is 3.44. The van der Waals surface area contributed by atoms with Gasteiger partial charge in [0.1, 0.15) is 11.4 Å². The van der Waals surface area contributed by atoms with E-state index < -0.39 is 44.9 Å². The molecule has 0 unspecified atom stereocenters. The summed E-state index contributed by atoms with van der Waals surface area (Å²) in [6.07, 6.45) is -5.92. The number of nitrogens with zero attached hydrogens (tertiary/aromatic N) is 3. The second kappa shape index (κ2) is 9.51. The average Bonchev–Trinajstić information content (AvgIpc) is 3.27. The third-order valence-corrected chi connectivity index (χ3v) is 7.27. The number of halogens is 6. The Balaban J connectivity index is 1.73. The van der Waals surface area contributed by atoms with Crippen LogP contribution in [-0.4, -0.2) is 42.2 Å². The molecule has 0 aliphatic rings. The molecule has 1 amide bonds. The summed E-state index contributed by atoms with van der Waals surface area (Å²) in [4.78, 5) is 16.4. The number of aryl methyl sites for hydroxylation is 1. The summed E-state index contributed by atoms with van der Waals surface area (Å²) in [5.41, 5.74) is -2.74. The van der Waals surface area contributed by atoms with E-state index in [0.717, 1.165) is 12.1 Å². The van der Waals surface area contributed by atoms with Gasteiger partial charge in [0, 0.05) is 28.5 Å². The van der Waals surface area contributed by atoms with E-state index in [1.54, 1.807) is 0 Å². The van der Waals surface area contributed by atoms with Gasteiger partial charge < -0.3 is 10.1 Å². The Bertz CT molecular complexity index is 1660. The van der Waals surface area contributed by atoms with Crippen LogP contribution in [0.5, 0.6) is 5.75 Å². The van der Waals surface area contributed by atoms with E-state index in [4.69, 9.17) is 16.3 Å². The van der Waals surface area contributed by atoms with Crippen molar-refractivity contribution in [3.05, 3.63) is 76.7 Å². The Labute approximate surface area is 216 Å². The van der Waals surface area contributed by atoms with Crippen molar-refractivity contribution in [1.82, 2.24) is 14.6 Å². The molecule has 0 spiro atoms. The molecule has 0 bridgehead atoms. The van der Waals surface area contributed by atoms with Crippen molar-refractivity contribution in [2.45, 2.75) is 28.8 Å². The lowest BCUT2D eigenvalue weighted by Crippen LogP contribution is -2.36. The maximum absolute atomic E-state index is 14.1. The summed E-state index contributed by atoms with van der Waals surface area (Å²) in [5.74, 6) is -6.26. The number of alkyl halides is 5. The van der Waals surface area contributed by atoms with Gasteiger partial charge in [0.15, 0.2) is 11.3 Å². The first-order valence-electron chi connectivity index (χ1n) is 10.5. The number of hydrogen-bond acceptors (Lipinski definition) is 6. The van der Waals surface area contributed by atoms with Crippen LogP contribution < -0.4 is 10.1 Å². The van der Waals surface area contributed by atoms with E-state index in [1.807, 2.05) is 0 Å². The maximum atomic E-state index is 14.1. The van der Waals surface area contributed by atoms with Crippen molar-refractivity contribution in [1.29, 1.82) is 0 Å². The standard InChI is InChI=1S/C23H16ClF5N4O4S/c1-12-7-19(22(25,26)23(27,28)29)33-20(30-12)11-18(32-33)21(34)31-14-8-15(37-2)10-17(9-14)38(35,36)16-5-3-13(24)4-6-16/h3-11H,1-2H3,(H,31,34). The summed E-state index contributed by atoms with van der Waals surface area (Å²) >= 11 is 5.82. The molecule has 2 aromatic carbocycles. The molecular weight excluding hydrogens is 559 g/mol. The summed E-state index contributed by atoms with van der Waals surface area (Å²) in [6, 6.07) is 10.4. The van der Waals surface area contributed by atoms with Crippen LogP contribution in [0.15, 0.2) is 64.4 Å². The Morgan fingerprint density at radius 3 is 2.26 bits per heavy atom. The summed E-state index contributed by atoms with van der Waals surface area (Å²) in [6.45, 7) is 1.21. The van der Waals surface area contributed by atoms with Crippen LogP contribution in [0.4, 0.5) is 27.6 Å². The quantitative estimate of drug-likeness (QED) is 0.308. The number of sulfone groups is 1. The summed E-state index contributed by atoms with van der Waals surface area (Å²) in [5, 5.41) is 6.27. The van der Waals surface area contributed by atoms with Gasteiger partial charge in [-0.2, -0.15) is 27.1 Å². The summed E-state index contributed by atoms with van der Waals surface area (Å²) in [7, 11) is -2.82. The van der Waals surface area contributed by atoms with Crippen molar-refractivity contribution in [2.24, 2.45) is 0 Å². The second-order valence-corrected chi connectivity index (χ2v) is 10.3. The third kappa shape index (κ3) is 5.00. The topological polar surface area (TPSA) is 103 Å². The molecule has 15 heteroatoms. The van der Waals surface area contributed by atoms with Gasteiger partial charge in [-0.05, 0) is 49.4 Å². The predicted molar refractivity (Wildman–Crippen MR) is 126 cm³/mol. The number of rotatable bonds is 6. The number of fused-ring (bicyclic) bond motifs is 1. The molecule has 38 heavy (non-hydrogen) atoms. The number of ether oxygens (including phenoxy) is 1. The number of benzene rings is 2. The number of amides is 1. The van der Waals surface area contributed by atoms with Crippen molar-refractivity contribution >= 4 is 38.7 Å². The molecular formula is C23H16ClF5N4O4S. The van der Waals surface area contributed by atoms with Crippen LogP contribution in [0.3, 0.4) is 0 Å². The van der Waals surface area contributed by atoms with Crippen molar-refractivity contribution in [3.8, 4) is 5.75 Å². The number of aromatic nitrogens is 3. The highest BCUT2D eigenvalue weighted by atomic mass is 35.5. The van der Waals surface area contributed by atoms with Crippen LogP contribution in [0, 0.1) is 6.92 Å². The van der Waals surface area contributed by atoms with E-state index >= 15 is 0 Å². The number of nitrogens with one attached hydrogen (secondary N) is 1.